The highest BCUT2D eigenvalue weighted by Crippen LogP contribution is 2.34. The Labute approximate surface area is 86.1 Å². The molecule has 12 heavy (non-hydrogen) atoms. The molecule has 0 fully saturated rings. The van der Waals surface area contributed by atoms with Crippen molar-refractivity contribution in [3.8, 4) is 0 Å². The molecule has 0 aliphatic carbocycles. The van der Waals surface area contributed by atoms with Crippen LogP contribution in [0, 0.1) is 5.82 Å². The van der Waals surface area contributed by atoms with Crippen molar-refractivity contribution in [2.45, 2.75) is 0 Å². The van der Waals surface area contributed by atoms with Gasteiger partial charge < -0.3 is 0 Å². The SMILES string of the molecule is Fc1c(Cl)c(Br)cc2ccsc12. The van der Waals surface area contributed by atoms with Gasteiger partial charge in [-0.2, -0.15) is 0 Å². The first-order valence-electron chi connectivity index (χ1n) is 3.21. The number of halogens is 3. The summed E-state index contributed by atoms with van der Waals surface area (Å²) in [4.78, 5) is 0. The van der Waals surface area contributed by atoms with Crippen LogP contribution in [0.4, 0.5) is 4.39 Å². The first-order chi connectivity index (χ1) is 5.70. The van der Waals surface area contributed by atoms with E-state index in [1.807, 2.05) is 17.5 Å². The third kappa shape index (κ3) is 1.16. The van der Waals surface area contributed by atoms with E-state index in [1.54, 1.807) is 0 Å². The summed E-state index contributed by atoms with van der Waals surface area (Å²) in [5, 5.41) is 2.88. The molecule has 0 aliphatic heterocycles. The lowest BCUT2D eigenvalue weighted by molar-refractivity contribution is 0.641. The maximum absolute atomic E-state index is 13.3. The Balaban J connectivity index is 2.94. The Bertz CT molecular complexity index is 438. The number of hydrogen-bond acceptors (Lipinski definition) is 1. The molecule has 0 saturated carbocycles. The zero-order valence-corrected chi connectivity index (χ0v) is 8.93. The van der Waals surface area contributed by atoms with E-state index < -0.39 is 0 Å². The molecule has 0 atom stereocenters. The third-order valence-electron chi connectivity index (χ3n) is 1.58. The fourth-order valence-corrected chi connectivity index (χ4v) is 2.46. The third-order valence-corrected chi connectivity index (χ3v) is 3.73. The van der Waals surface area contributed by atoms with E-state index in [0.29, 0.717) is 9.17 Å². The zero-order valence-electron chi connectivity index (χ0n) is 5.77. The van der Waals surface area contributed by atoms with Gasteiger partial charge in [-0.3, -0.25) is 0 Å². The normalized spacial score (nSPS) is 10.9. The summed E-state index contributed by atoms with van der Waals surface area (Å²) >= 11 is 10.2. The summed E-state index contributed by atoms with van der Waals surface area (Å²) in [5.41, 5.74) is 0. The van der Waals surface area contributed by atoms with Crippen LogP contribution < -0.4 is 0 Å². The number of fused-ring (bicyclic) bond motifs is 1. The largest absolute Gasteiger partial charge is 0.204 e. The van der Waals surface area contributed by atoms with Gasteiger partial charge in [-0.05, 0) is 38.8 Å². The van der Waals surface area contributed by atoms with Gasteiger partial charge in [0.1, 0.15) is 0 Å². The summed E-state index contributed by atoms with van der Waals surface area (Å²) in [7, 11) is 0. The molecule has 0 unspecified atom stereocenters. The number of hydrogen-bond donors (Lipinski definition) is 0. The van der Waals surface area contributed by atoms with E-state index in [9.17, 15) is 4.39 Å². The van der Waals surface area contributed by atoms with Crippen molar-refractivity contribution >= 4 is 49.0 Å². The molecule has 1 aromatic heterocycles. The van der Waals surface area contributed by atoms with Crippen molar-refractivity contribution < 1.29 is 4.39 Å². The molecule has 2 aromatic rings. The Morgan fingerprint density at radius 3 is 3.00 bits per heavy atom. The van der Waals surface area contributed by atoms with Crippen LogP contribution in [0.2, 0.25) is 5.02 Å². The average molecular weight is 266 g/mol. The van der Waals surface area contributed by atoms with Gasteiger partial charge in [0, 0.05) is 4.47 Å². The average Bonchev–Trinajstić information content (AvgIpc) is 2.48. The van der Waals surface area contributed by atoms with Gasteiger partial charge in [-0.1, -0.05) is 11.6 Å². The summed E-state index contributed by atoms with van der Waals surface area (Å²) in [6.07, 6.45) is 0. The minimum Gasteiger partial charge on any atom is -0.204 e. The molecule has 0 saturated heterocycles. The maximum Gasteiger partial charge on any atom is 0.160 e. The molecule has 1 heterocycles. The number of thiophene rings is 1. The second kappa shape index (κ2) is 2.98. The second-order valence-electron chi connectivity index (χ2n) is 2.33. The zero-order chi connectivity index (χ0) is 8.72. The molecule has 0 nitrogen and oxygen atoms in total. The van der Waals surface area contributed by atoms with Gasteiger partial charge in [0.25, 0.3) is 0 Å². The van der Waals surface area contributed by atoms with E-state index in [1.165, 1.54) is 11.3 Å². The van der Waals surface area contributed by atoms with Crippen molar-refractivity contribution in [3.05, 3.63) is 32.8 Å². The molecule has 0 radical (unpaired) electrons. The lowest BCUT2D eigenvalue weighted by Gasteiger charge is -1.98. The van der Waals surface area contributed by atoms with E-state index in [4.69, 9.17) is 11.6 Å². The minimum atomic E-state index is -0.337. The summed E-state index contributed by atoms with van der Waals surface area (Å²) in [6, 6.07) is 3.68. The van der Waals surface area contributed by atoms with Crippen molar-refractivity contribution in [2.75, 3.05) is 0 Å². The van der Waals surface area contributed by atoms with Gasteiger partial charge in [0.2, 0.25) is 0 Å². The van der Waals surface area contributed by atoms with Gasteiger partial charge in [-0.15, -0.1) is 11.3 Å². The Kier molecular flexibility index (Phi) is 2.10. The smallest absolute Gasteiger partial charge is 0.160 e. The van der Waals surface area contributed by atoms with Crippen LogP contribution in [-0.4, -0.2) is 0 Å². The molecule has 4 heteroatoms. The van der Waals surface area contributed by atoms with Crippen LogP contribution >= 0.6 is 38.9 Å². The minimum absolute atomic E-state index is 0.157. The van der Waals surface area contributed by atoms with Gasteiger partial charge in [-0.25, -0.2) is 4.39 Å². The van der Waals surface area contributed by atoms with Crippen LogP contribution in [0.15, 0.2) is 22.0 Å². The Morgan fingerprint density at radius 2 is 2.25 bits per heavy atom. The van der Waals surface area contributed by atoms with Crippen LogP contribution in [0.1, 0.15) is 0 Å². The van der Waals surface area contributed by atoms with Gasteiger partial charge >= 0.3 is 0 Å². The molecular weight excluding hydrogens is 263 g/mol. The predicted molar refractivity (Wildman–Crippen MR) is 54.5 cm³/mol. The number of benzene rings is 1. The highest BCUT2D eigenvalue weighted by molar-refractivity contribution is 9.10. The maximum atomic E-state index is 13.3. The fourth-order valence-electron chi connectivity index (χ4n) is 1.02. The predicted octanol–water partition coefficient (Wildman–Crippen LogP) is 4.46. The molecular formula is C8H3BrClFS. The Morgan fingerprint density at radius 1 is 1.50 bits per heavy atom. The first kappa shape index (κ1) is 8.48. The van der Waals surface area contributed by atoms with Crippen molar-refractivity contribution in [2.24, 2.45) is 0 Å². The molecule has 0 bridgehead atoms. The van der Waals surface area contributed by atoms with E-state index >= 15 is 0 Å². The summed E-state index contributed by atoms with van der Waals surface area (Å²) in [5.74, 6) is -0.337. The molecule has 62 valence electrons. The fraction of sp³-hybridized carbons (Fsp3) is 0. The molecule has 2 rings (SSSR count). The molecule has 0 N–H and O–H groups in total. The van der Waals surface area contributed by atoms with E-state index in [0.717, 1.165) is 5.39 Å². The van der Waals surface area contributed by atoms with Gasteiger partial charge in [0.05, 0.1) is 9.72 Å². The molecule has 0 spiro atoms. The van der Waals surface area contributed by atoms with Crippen molar-refractivity contribution in [3.63, 3.8) is 0 Å². The summed E-state index contributed by atoms with van der Waals surface area (Å²) < 4.78 is 14.6. The van der Waals surface area contributed by atoms with Crippen molar-refractivity contribution in [1.29, 1.82) is 0 Å². The quantitative estimate of drug-likeness (QED) is 0.617. The highest BCUT2D eigenvalue weighted by Gasteiger charge is 2.10. The molecule has 0 amide bonds. The van der Waals surface area contributed by atoms with Crippen molar-refractivity contribution in [1.82, 2.24) is 0 Å². The van der Waals surface area contributed by atoms with E-state index in [-0.39, 0.29) is 10.8 Å². The first-order valence-corrected chi connectivity index (χ1v) is 5.26. The Hall–Kier alpha value is -0.120. The molecule has 1 aromatic carbocycles. The van der Waals surface area contributed by atoms with Crippen LogP contribution in [0.3, 0.4) is 0 Å². The van der Waals surface area contributed by atoms with E-state index in [2.05, 4.69) is 15.9 Å². The summed E-state index contributed by atoms with van der Waals surface area (Å²) in [6.45, 7) is 0. The standard InChI is InChI=1S/C8H3BrClFS/c9-5-3-4-1-2-12-8(4)7(11)6(5)10/h1-3H. The van der Waals surface area contributed by atoms with Crippen LogP contribution in [0.5, 0.6) is 0 Å². The van der Waals surface area contributed by atoms with Gasteiger partial charge in [0.15, 0.2) is 5.82 Å². The van der Waals surface area contributed by atoms with Crippen LogP contribution in [0.25, 0.3) is 10.1 Å². The lowest BCUT2D eigenvalue weighted by atomic mass is 10.2. The topological polar surface area (TPSA) is 0 Å². The highest BCUT2D eigenvalue weighted by atomic mass is 79.9. The monoisotopic (exact) mass is 264 g/mol. The lowest BCUT2D eigenvalue weighted by Crippen LogP contribution is -1.78. The molecule has 0 aliphatic rings. The van der Waals surface area contributed by atoms with Crippen LogP contribution in [-0.2, 0) is 0 Å². The number of rotatable bonds is 0. The second-order valence-corrected chi connectivity index (χ2v) is 4.47.